The molecule has 0 spiro atoms. The summed E-state index contributed by atoms with van der Waals surface area (Å²) in [6.45, 7) is -0.0619. The molecule has 0 bridgehead atoms. The van der Waals surface area contributed by atoms with E-state index in [1.165, 1.54) is 19.2 Å². The van der Waals surface area contributed by atoms with Gasteiger partial charge in [0, 0.05) is 12.7 Å². The van der Waals surface area contributed by atoms with E-state index in [0.29, 0.717) is 12.0 Å². The van der Waals surface area contributed by atoms with Crippen LogP contribution in [-0.4, -0.2) is 23.7 Å². The lowest BCUT2D eigenvalue weighted by molar-refractivity contribution is -0.384. The van der Waals surface area contributed by atoms with Crippen LogP contribution in [0.2, 0.25) is 0 Å². The van der Waals surface area contributed by atoms with Gasteiger partial charge in [-0.2, -0.15) is 0 Å². The maximum atomic E-state index is 10.6. The highest BCUT2D eigenvalue weighted by molar-refractivity contribution is 5.69. The highest BCUT2D eigenvalue weighted by Crippen LogP contribution is 2.34. The fraction of sp³-hybridized carbons (Fsp3) is 0.333. The molecule has 6 heteroatoms. The van der Waals surface area contributed by atoms with E-state index in [9.17, 15) is 10.1 Å². The Hall–Kier alpha value is -1.82. The van der Waals surface area contributed by atoms with Gasteiger partial charge in [0.2, 0.25) is 0 Å². The minimum atomic E-state index is -0.569. The molecule has 6 nitrogen and oxygen atoms in total. The monoisotopic (exact) mass is 212 g/mol. The Kier molecular flexibility index (Phi) is 3.46. The Morgan fingerprint density at radius 2 is 2.27 bits per heavy atom. The second-order valence-electron chi connectivity index (χ2n) is 2.92. The molecule has 82 valence electrons. The zero-order valence-corrected chi connectivity index (χ0v) is 8.27. The van der Waals surface area contributed by atoms with Crippen molar-refractivity contribution in [1.82, 2.24) is 0 Å². The molecule has 0 aliphatic rings. The molecule has 0 saturated carbocycles. The van der Waals surface area contributed by atoms with Crippen molar-refractivity contribution >= 4 is 11.4 Å². The summed E-state index contributed by atoms with van der Waals surface area (Å²) in [5.74, 6) is 0.262. The molecular formula is C9H12N2O4. The topological polar surface area (TPSA) is 98.6 Å². The first kappa shape index (κ1) is 11.3. The van der Waals surface area contributed by atoms with E-state index >= 15 is 0 Å². The summed E-state index contributed by atoms with van der Waals surface area (Å²) >= 11 is 0. The second kappa shape index (κ2) is 4.61. The number of benzene rings is 1. The molecule has 15 heavy (non-hydrogen) atoms. The second-order valence-corrected chi connectivity index (χ2v) is 2.92. The maximum absolute atomic E-state index is 10.6. The SMILES string of the molecule is COc1c(CCO)ccc([N+](=O)[O-])c1N. The third-order valence-electron chi connectivity index (χ3n) is 2.04. The van der Waals surface area contributed by atoms with Crippen LogP contribution in [0.1, 0.15) is 5.56 Å². The smallest absolute Gasteiger partial charge is 0.295 e. The molecule has 0 radical (unpaired) electrons. The first-order chi connectivity index (χ1) is 7.11. The van der Waals surface area contributed by atoms with Gasteiger partial charge in [0.05, 0.1) is 12.0 Å². The third kappa shape index (κ3) is 2.16. The van der Waals surface area contributed by atoms with Gasteiger partial charge in [-0.15, -0.1) is 0 Å². The highest BCUT2D eigenvalue weighted by Gasteiger charge is 2.18. The molecule has 0 aliphatic carbocycles. The number of ether oxygens (including phenoxy) is 1. The number of nitro benzene ring substituents is 1. The van der Waals surface area contributed by atoms with Gasteiger partial charge < -0.3 is 15.6 Å². The molecular weight excluding hydrogens is 200 g/mol. The fourth-order valence-corrected chi connectivity index (χ4v) is 1.35. The molecule has 0 heterocycles. The van der Waals surface area contributed by atoms with E-state index in [2.05, 4.69) is 0 Å². The van der Waals surface area contributed by atoms with Gasteiger partial charge in [-0.1, -0.05) is 0 Å². The van der Waals surface area contributed by atoms with E-state index in [1.807, 2.05) is 0 Å². The van der Waals surface area contributed by atoms with Crippen LogP contribution < -0.4 is 10.5 Å². The first-order valence-electron chi connectivity index (χ1n) is 4.32. The molecule has 0 fully saturated rings. The van der Waals surface area contributed by atoms with Crippen molar-refractivity contribution in [2.24, 2.45) is 0 Å². The number of methoxy groups -OCH3 is 1. The number of nitro groups is 1. The molecule has 1 aromatic carbocycles. The van der Waals surface area contributed by atoms with Gasteiger partial charge in [0.1, 0.15) is 0 Å². The molecule has 3 N–H and O–H groups in total. The molecule has 0 unspecified atom stereocenters. The normalized spacial score (nSPS) is 10.0. The standard InChI is InChI=1S/C9H12N2O4/c1-15-9-6(4-5-12)2-3-7(8(9)10)11(13)14/h2-3,12H,4-5,10H2,1H3. The Morgan fingerprint density at radius 1 is 1.60 bits per heavy atom. The van der Waals surface area contributed by atoms with Crippen LogP contribution in [0.5, 0.6) is 5.75 Å². The van der Waals surface area contributed by atoms with E-state index in [4.69, 9.17) is 15.6 Å². The summed E-state index contributed by atoms with van der Waals surface area (Å²) in [4.78, 5) is 10.0. The van der Waals surface area contributed by atoms with Gasteiger partial charge in [-0.05, 0) is 18.1 Å². The lowest BCUT2D eigenvalue weighted by Gasteiger charge is -2.09. The maximum Gasteiger partial charge on any atom is 0.295 e. The Labute approximate surface area is 86.4 Å². The number of rotatable bonds is 4. The number of anilines is 1. The van der Waals surface area contributed by atoms with Crippen molar-refractivity contribution in [3.05, 3.63) is 27.8 Å². The summed E-state index contributed by atoms with van der Waals surface area (Å²) in [5, 5.41) is 19.4. The summed E-state index contributed by atoms with van der Waals surface area (Å²) in [7, 11) is 1.39. The van der Waals surface area contributed by atoms with E-state index in [-0.39, 0.29) is 23.7 Å². The predicted octanol–water partition coefficient (Wildman–Crippen LogP) is 0.720. The van der Waals surface area contributed by atoms with Gasteiger partial charge in [0.15, 0.2) is 11.4 Å². The zero-order chi connectivity index (χ0) is 11.4. The van der Waals surface area contributed by atoms with Crippen molar-refractivity contribution in [2.45, 2.75) is 6.42 Å². The molecule has 1 aromatic rings. The lowest BCUT2D eigenvalue weighted by Crippen LogP contribution is -2.03. The quantitative estimate of drug-likeness (QED) is 0.435. The number of nitrogens with two attached hydrogens (primary N) is 1. The van der Waals surface area contributed by atoms with Crippen molar-refractivity contribution in [3.8, 4) is 5.75 Å². The minimum Gasteiger partial charge on any atom is -0.494 e. The minimum absolute atomic E-state index is 0.00606. The van der Waals surface area contributed by atoms with Gasteiger partial charge in [-0.3, -0.25) is 10.1 Å². The number of aliphatic hydroxyl groups excluding tert-OH is 1. The van der Waals surface area contributed by atoms with E-state index in [1.54, 1.807) is 0 Å². The summed E-state index contributed by atoms with van der Waals surface area (Å²) in [6.07, 6.45) is 0.353. The molecule has 0 aliphatic heterocycles. The van der Waals surface area contributed by atoms with Crippen LogP contribution in [0.25, 0.3) is 0 Å². The number of hydrogen-bond acceptors (Lipinski definition) is 5. The summed E-state index contributed by atoms with van der Waals surface area (Å²) in [6, 6.07) is 2.84. The number of aliphatic hydroxyl groups is 1. The van der Waals surface area contributed by atoms with Gasteiger partial charge >= 0.3 is 0 Å². The van der Waals surface area contributed by atoms with Crippen LogP contribution in [0.15, 0.2) is 12.1 Å². The summed E-state index contributed by atoms with van der Waals surface area (Å²) < 4.78 is 4.98. The Balaban J connectivity index is 3.25. The zero-order valence-electron chi connectivity index (χ0n) is 8.27. The lowest BCUT2D eigenvalue weighted by atomic mass is 10.1. The van der Waals surface area contributed by atoms with E-state index in [0.717, 1.165) is 0 Å². The molecule has 0 amide bonds. The van der Waals surface area contributed by atoms with Crippen LogP contribution in [-0.2, 0) is 6.42 Å². The highest BCUT2D eigenvalue weighted by atomic mass is 16.6. The van der Waals surface area contributed by atoms with Gasteiger partial charge in [-0.25, -0.2) is 0 Å². The van der Waals surface area contributed by atoms with Crippen LogP contribution in [0, 0.1) is 10.1 Å². The van der Waals surface area contributed by atoms with Crippen LogP contribution >= 0.6 is 0 Å². The number of nitrogens with zero attached hydrogens (tertiary/aromatic N) is 1. The Morgan fingerprint density at radius 3 is 2.73 bits per heavy atom. The average Bonchev–Trinajstić information content (AvgIpc) is 2.18. The van der Waals surface area contributed by atoms with Crippen LogP contribution in [0.4, 0.5) is 11.4 Å². The predicted molar refractivity (Wildman–Crippen MR) is 54.9 cm³/mol. The average molecular weight is 212 g/mol. The molecule has 0 aromatic heterocycles. The van der Waals surface area contributed by atoms with E-state index < -0.39 is 4.92 Å². The van der Waals surface area contributed by atoms with Crippen molar-refractivity contribution in [2.75, 3.05) is 19.5 Å². The van der Waals surface area contributed by atoms with Crippen LogP contribution in [0.3, 0.4) is 0 Å². The Bertz CT molecular complexity index is 379. The van der Waals surface area contributed by atoms with Gasteiger partial charge in [0.25, 0.3) is 5.69 Å². The van der Waals surface area contributed by atoms with Crippen molar-refractivity contribution < 1.29 is 14.8 Å². The fourth-order valence-electron chi connectivity index (χ4n) is 1.35. The molecule has 0 saturated heterocycles. The largest absolute Gasteiger partial charge is 0.494 e. The molecule has 1 rings (SSSR count). The van der Waals surface area contributed by atoms with Crippen molar-refractivity contribution in [1.29, 1.82) is 0 Å². The number of nitrogen functional groups attached to an aromatic ring is 1. The third-order valence-corrected chi connectivity index (χ3v) is 2.04. The summed E-state index contributed by atoms with van der Waals surface area (Å²) in [5.41, 5.74) is 6.04. The molecule has 0 atom stereocenters. The number of hydrogen-bond donors (Lipinski definition) is 2. The van der Waals surface area contributed by atoms with Crippen molar-refractivity contribution in [3.63, 3.8) is 0 Å². The first-order valence-corrected chi connectivity index (χ1v) is 4.32.